The van der Waals surface area contributed by atoms with Crippen LogP contribution in [0.2, 0.25) is 0 Å². The van der Waals surface area contributed by atoms with Gasteiger partial charge >= 0.3 is 6.03 Å². The van der Waals surface area contributed by atoms with E-state index in [1.165, 1.54) is 4.90 Å². The molecule has 1 aliphatic heterocycles. The lowest BCUT2D eigenvalue weighted by atomic mass is 10.2. The van der Waals surface area contributed by atoms with E-state index in [9.17, 15) is 9.59 Å². The van der Waals surface area contributed by atoms with Crippen molar-refractivity contribution >= 4 is 33.9 Å². The molecule has 1 aromatic carbocycles. The van der Waals surface area contributed by atoms with Crippen LogP contribution < -0.4 is 10.1 Å². The van der Waals surface area contributed by atoms with Gasteiger partial charge < -0.3 is 10.1 Å². The summed E-state index contributed by atoms with van der Waals surface area (Å²) >= 11 is 3.45. The zero-order chi connectivity index (χ0) is 16.3. The third-order valence-electron chi connectivity index (χ3n) is 3.04. The Bertz CT molecular complexity index is 626. The summed E-state index contributed by atoms with van der Waals surface area (Å²) in [5.74, 6) is 0.456. The highest BCUT2D eigenvalue weighted by Gasteiger charge is 2.32. The van der Waals surface area contributed by atoms with Gasteiger partial charge in [0.1, 0.15) is 11.4 Å². The molecular weight excluding hydrogens is 348 g/mol. The van der Waals surface area contributed by atoms with Gasteiger partial charge in [0.05, 0.1) is 10.6 Å². The van der Waals surface area contributed by atoms with E-state index in [0.717, 1.165) is 22.2 Å². The fourth-order valence-corrected chi connectivity index (χ4v) is 2.61. The van der Waals surface area contributed by atoms with E-state index in [2.05, 4.69) is 21.2 Å². The Morgan fingerprint density at radius 3 is 2.68 bits per heavy atom. The van der Waals surface area contributed by atoms with E-state index in [1.54, 1.807) is 6.08 Å². The summed E-state index contributed by atoms with van der Waals surface area (Å²) in [6, 6.07) is 5.17. The van der Waals surface area contributed by atoms with Crippen LogP contribution in [0.1, 0.15) is 32.8 Å². The summed E-state index contributed by atoms with van der Waals surface area (Å²) in [5.41, 5.74) is 1.10. The number of hydrogen-bond acceptors (Lipinski definition) is 3. The molecule has 0 saturated carbocycles. The molecule has 5 nitrogen and oxygen atoms in total. The first kappa shape index (κ1) is 16.5. The Labute approximate surface area is 138 Å². The Morgan fingerprint density at radius 2 is 2.09 bits per heavy atom. The van der Waals surface area contributed by atoms with Crippen molar-refractivity contribution in [2.75, 3.05) is 6.54 Å². The molecule has 6 heteroatoms. The number of rotatable bonds is 5. The average molecular weight is 367 g/mol. The molecule has 0 aromatic heterocycles. The molecule has 0 spiro atoms. The summed E-state index contributed by atoms with van der Waals surface area (Å²) in [6.45, 7) is 6.26. The number of urea groups is 1. The van der Waals surface area contributed by atoms with Gasteiger partial charge in [0.2, 0.25) is 0 Å². The van der Waals surface area contributed by atoms with Crippen molar-refractivity contribution in [2.24, 2.45) is 0 Å². The standard InChI is InChI=1S/C16H19BrN2O3/c1-4-7-19-15(20)13(18-16(19)21)9-11-5-6-14(12(17)8-11)22-10(2)3/h5-6,8-10H,4,7H2,1-3H3,(H,18,21)/b13-9+. The highest BCUT2D eigenvalue weighted by atomic mass is 79.9. The molecule has 0 radical (unpaired) electrons. The van der Waals surface area contributed by atoms with Crippen LogP contribution >= 0.6 is 15.9 Å². The minimum Gasteiger partial charge on any atom is -0.490 e. The summed E-state index contributed by atoms with van der Waals surface area (Å²) in [4.78, 5) is 25.1. The molecule has 118 valence electrons. The van der Waals surface area contributed by atoms with E-state index in [4.69, 9.17) is 4.74 Å². The van der Waals surface area contributed by atoms with Gasteiger partial charge in [-0.15, -0.1) is 0 Å². The van der Waals surface area contributed by atoms with Crippen molar-refractivity contribution < 1.29 is 14.3 Å². The summed E-state index contributed by atoms with van der Waals surface area (Å²) in [7, 11) is 0. The molecule has 1 saturated heterocycles. The van der Waals surface area contributed by atoms with Crippen LogP contribution in [0, 0.1) is 0 Å². The summed E-state index contributed by atoms with van der Waals surface area (Å²) in [5, 5.41) is 2.61. The second kappa shape index (κ2) is 6.96. The van der Waals surface area contributed by atoms with Crippen LogP contribution in [-0.4, -0.2) is 29.5 Å². The van der Waals surface area contributed by atoms with E-state index < -0.39 is 0 Å². The maximum absolute atomic E-state index is 12.1. The van der Waals surface area contributed by atoms with Crippen LogP contribution in [-0.2, 0) is 4.79 Å². The molecule has 0 unspecified atom stereocenters. The van der Waals surface area contributed by atoms with Gasteiger partial charge in [0.15, 0.2) is 0 Å². The molecule has 1 aliphatic rings. The van der Waals surface area contributed by atoms with Crippen molar-refractivity contribution in [1.29, 1.82) is 0 Å². The number of nitrogens with one attached hydrogen (secondary N) is 1. The van der Waals surface area contributed by atoms with Crippen LogP contribution in [0.5, 0.6) is 5.75 Å². The molecule has 1 N–H and O–H groups in total. The first-order chi connectivity index (χ1) is 10.4. The number of halogens is 1. The van der Waals surface area contributed by atoms with Gasteiger partial charge in [-0.2, -0.15) is 0 Å². The third-order valence-corrected chi connectivity index (χ3v) is 3.66. The van der Waals surface area contributed by atoms with Gasteiger partial charge in [0, 0.05) is 6.54 Å². The lowest BCUT2D eigenvalue weighted by Crippen LogP contribution is -2.31. The number of ether oxygens (including phenoxy) is 1. The average Bonchev–Trinajstić information content (AvgIpc) is 2.70. The van der Waals surface area contributed by atoms with E-state index in [-0.39, 0.29) is 18.0 Å². The number of hydrogen-bond donors (Lipinski definition) is 1. The Hall–Kier alpha value is -1.82. The molecule has 1 aromatic rings. The van der Waals surface area contributed by atoms with E-state index >= 15 is 0 Å². The predicted molar refractivity (Wildman–Crippen MR) is 88.4 cm³/mol. The fraction of sp³-hybridized carbons (Fsp3) is 0.375. The summed E-state index contributed by atoms with van der Waals surface area (Å²) < 4.78 is 6.45. The van der Waals surface area contributed by atoms with Crippen molar-refractivity contribution in [3.63, 3.8) is 0 Å². The quantitative estimate of drug-likeness (QED) is 0.640. The Morgan fingerprint density at radius 1 is 1.36 bits per heavy atom. The van der Waals surface area contributed by atoms with Crippen molar-refractivity contribution in [3.8, 4) is 5.75 Å². The SMILES string of the molecule is CCCN1C(=O)N/C(=C/c2ccc(OC(C)C)c(Br)c2)C1=O. The lowest BCUT2D eigenvalue weighted by Gasteiger charge is -2.11. The molecule has 0 bridgehead atoms. The fourth-order valence-electron chi connectivity index (χ4n) is 2.12. The molecule has 0 atom stereocenters. The van der Waals surface area contributed by atoms with Crippen molar-refractivity contribution in [2.45, 2.75) is 33.3 Å². The molecule has 1 heterocycles. The van der Waals surface area contributed by atoms with Gasteiger partial charge in [0.25, 0.3) is 5.91 Å². The second-order valence-electron chi connectivity index (χ2n) is 5.30. The number of amides is 3. The normalized spacial score (nSPS) is 16.6. The van der Waals surface area contributed by atoms with Gasteiger partial charge in [-0.05, 0) is 60.0 Å². The molecule has 1 fully saturated rings. The van der Waals surface area contributed by atoms with E-state index in [0.29, 0.717) is 12.2 Å². The minimum atomic E-state index is -0.364. The molecule has 22 heavy (non-hydrogen) atoms. The van der Waals surface area contributed by atoms with Gasteiger partial charge in [-0.1, -0.05) is 13.0 Å². The van der Waals surface area contributed by atoms with E-state index in [1.807, 2.05) is 39.0 Å². The van der Waals surface area contributed by atoms with Crippen LogP contribution in [0.25, 0.3) is 6.08 Å². The summed E-state index contributed by atoms with van der Waals surface area (Å²) in [6.07, 6.45) is 2.48. The monoisotopic (exact) mass is 366 g/mol. The zero-order valence-corrected chi connectivity index (χ0v) is 14.4. The molecule has 3 amide bonds. The van der Waals surface area contributed by atoms with Crippen molar-refractivity contribution in [1.82, 2.24) is 10.2 Å². The topological polar surface area (TPSA) is 58.6 Å². The number of benzene rings is 1. The Kier molecular flexibility index (Phi) is 5.24. The maximum Gasteiger partial charge on any atom is 0.329 e. The van der Waals surface area contributed by atoms with Gasteiger partial charge in [-0.25, -0.2) is 4.79 Å². The zero-order valence-electron chi connectivity index (χ0n) is 12.9. The minimum absolute atomic E-state index is 0.0822. The number of imide groups is 1. The maximum atomic E-state index is 12.1. The third kappa shape index (κ3) is 3.68. The highest BCUT2D eigenvalue weighted by Crippen LogP contribution is 2.28. The van der Waals surface area contributed by atoms with Crippen LogP contribution in [0.15, 0.2) is 28.4 Å². The number of nitrogens with zero attached hydrogens (tertiary/aromatic N) is 1. The number of carbonyl (C=O) groups excluding carboxylic acids is 2. The lowest BCUT2D eigenvalue weighted by molar-refractivity contribution is -0.122. The molecular formula is C16H19BrN2O3. The molecule has 2 rings (SSSR count). The van der Waals surface area contributed by atoms with Gasteiger partial charge in [-0.3, -0.25) is 9.69 Å². The largest absolute Gasteiger partial charge is 0.490 e. The van der Waals surface area contributed by atoms with Crippen LogP contribution in [0.4, 0.5) is 4.79 Å². The Balaban J connectivity index is 2.21. The smallest absolute Gasteiger partial charge is 0.329 e. The first-order valence-corrected chi connectivity index (χ1v) is 8.02. The molecule has 0 aliphatic carbocycles. The second-order valence-corrected chi connectivity index (χ2v) is 6.16. The number of carbonyl (C=O) groups is 2. The first-order valence-electron chi connectivity index (χ1n) is 7.23. The predicted octanol–water partition coefficient (Wildman–Crippen LogP) is 3.54. The van der Waals surface area contributed by atoms with Crippen LogP contribution in [0.3, 0.4) is 0 Å². The van der Waals surface area contributed by atoms with Crippen molar-refractivity contribution in [3.05, 3.63) is 33.9 Å². The highest BCUT2D eigenvalue weighted by molar-refractivity contribution is 9.10.